The van der Waals surface area contributed by atoms with Crippen LogP contribution in [0.3, 0.4) is 0 Å². The lowest BCUT2D eigenvalue weighted by atomic mass is 10.0. The summed E-state index contributed by atoms with van der Waals surface area (Å²) in [5.41, 5.74) is 0. The van der Waals surface area contributed by atoms with Crippen LogP contribution in [0.1, 0.15) is 226 Å². The van der Waals surface area contributed by atoms with Crippen molar-refractivity contribution in [2.45, 2.75) is 238 Å². The summed E-state index contributed by atoms with van der Waals surface area (Å²) in [7, 11) is 0. The molecule has 0 saturated carbocycles. The van der Waals surface area contributed by atoms with Crippen LogP contribution in [0.4, 0.5) is 0 Å². The van der Waals surface area contributed by atoms with Crippen molar-refractivity contribution in [3.63, 3.8) is 0 Å². The molecule has 3 N–H and O–H groups in total. The van der Waals surface area contributed by atoms with Crippen molar-refractivity contribution in [3.05, 3.63) is 48.6 Å². The van der Waals surface area contributed by atoms with Crippen molar-refractivity contribution in [1.82, 2.24) is 5.32 Å². The van der Waals surface area contributed by atoms with Crippen LogP contribution >= 0.6 is 0 Å². The number of aliphatic hydroxyl groups excluding tert-OH is 2. The van der Waals surface area contributed by atoms with Gasteiger partial charge in [0.25, 0.3) is 0 Å². The maximum absolute atomic E-state index is 12.3. The van der Waals surface area contributed by atoms with Gasteiger partial charge in [0.2, 0.25) is 5.91 Å². The van der Waals surface area contributed by atoms with Gasteiger partial charge in [-0.05, 0) is 70.6 Å². The molecule has 1 amide bonds. The van der Waals surface area contributed by atoms with E-state index in [4.69, 9.17) is 0 Å². The van der Waals surface area contributed by atoms with Crippen LogP contribution in [-0.2, 0) is 4.79 Å². The molecule has 0 aliphatic heterocycles. The third-order valence-corrected chi connectivity index (χ3v) is 10.0. The Kier molecular flexibility index (Phi) is 41.4. The van der Waals surface area contributed by atoms with Crippen LogP contribution in [-0.4, -0.2) is 34.9 Å². The minimum absolute atomic E-state index is 0.0878. The molecule has 0 aromatic heterocycles. The molecule has 298 valence electrons. The van der Waals surface area contributed by atoms with E-state index in [0.717, 1.165) is 51.4 Å². The van der Waals surface area contributed by atoms with Gasteiger partial charge in [-0.1, -0.05) is 197 Å². The molecule has 0 aliphatic rings. The maximum Gasteiger partial charge on any atom is 0.220 e. The minimum atomic E-state index is -0.873. The molecule has 0 bridgehead atoms. The molecule has 0 aromatic carbocycles. The Labute approximate surface area is 318 Å². The Morgan fingerprint density at radius 2 is 0.765 bits per heavy atom. The summed E-state index contributed by atoms with van der Waals surface area (Å²) in [6.07, 6.45) is 58.0. The molecule has 0 heterocycles. The van der Waals surface area contributed by atoms with Gasteiger partial charge in [0.05, 0.1) is 18.8 Å². The average molecular weight is 714 g/mol. The van der Waals surface area contributed by atoms with Gasteiger partial charge in [-0.25, -0.2) is 0 Å². The van der Waals surface area contributed by atoms with Gasteiger partial charge in [0.1, 0.15) is 0 Å². The highest BCUT2D eigenvalue weighted by Gasteiger charge is 2.17. The number of carbonyl (C=O) groups excluding carboxylic acids is 1. The highest BCUT2D eigenvalue weighted by atomic mass is 16.3. The van der Waals surface area contributed by atoms with E-state index in [-0.39, 0.29) is 12.5 Å². The molecule has 0 spiro atoms. The van der Waals surface area contributed by atoms with Gasteiger partial charge in [0, 0.05) is 6.42 Å². The molecule has 2 unspecified atom stereocenters. The lowest BCUT2D eigenvalue weighted by molar-refractivity contribution is -0.123. The number of unbranched alkanes of at least 4 members (excludes halogenated alkanes) is 27. The zero-order chi connectivity index (χ0) is 37.1. The van der Waals surface area contributed by atoms with Crippen LogP contribution < -0.4 is 5.32 Å². The third kappa shape index (κ3) is 39.4. The molecule has 4 heteroatoms. The zero-order valence-corrected chi connectivity index (χ0v) is 34.1. The topological polar surface area (TPSA) is 69.6 Å². The number of rotatable bonds is 40. The second-order valence-electron chi connectivity index (χ2n) is 15.1. The second kappa shape index (κ2) is 42.8. The van der Waals surface area contributed by atoms with Gasteiger partial charge in [-0.2, -0.15) is 0 Å². The van der Waals surface area contributed by atoms with Crippen molar-refractivity contribution < 1.29 is 15.0 Å². The van der Waals surface area contributed by atoms with Gasteiger partial charge >= 0.3 is 0 Å². The number of hydrogen-bond acceptors (Lipinski definition) is 3. The second-order valence-corrected chi connectivity index (χ2v) is 15.1. The summed E-state index contributed by atoms with van der Waals surface area (Å²) in [4.78, 5) is 12.3. The van der Waals surface area contributed by atoms with Gasteiger partial charge < -0.3 is 15.5 Å². The Bertz CT molecular complexity index is 816. The Hall–Kier alpha value is -1.65. The highest BCUT2D eigenvalue weighted by Crippen LogP contribution is 2.14. The summed E-state index contributed by atoms with van der Waals surface area (Å²) in [6.45, 7) is 4.28. The summed E-state index contributed by atoms with van der Waals surface area (Å²) >= 11 is 0. The van der Waals surface area contributed by atoms with E-state index in [1.54, 1.807) is 6.08 Å². The first-order chi connectivity index (χ1) is 25.2. The van der Waals surface area contributed by atoms with Gasteiger partial charge in [-0.15, -0.1) is 0 Å². The zero-order valence-electron chi connectivity index (χ0n) is 34.1. The molecule has 0 saturated heterocycles. The maximum atomic E-state index is 12.3. The fraction of sp³-hybridized carbons (Fsp3) is 0.809. The summed E-state index contributed by atoms with van der Waals surface area (Å²) in [6, 6.07) is -0.649. The fourth-order valence-electron chi connectivity index (χ4n) is 6.56. The number of amides is 1. The Morgan fingerprint density at radius 1 is 0.451 bits per heavy atom. The quantitative estimate of drug-likeness (QED) is 0.0437. The van der Waals surface area contributed by atoms with Crippen LogP contribution in [0, 0.1) is 0 Å². The first-order valence-electron chi connectivity index (χ1n) is 22.4. The van der Waals surface area contributed by atoms with E-state index >= 15 is 0 Å². The SMILES string of the molecule is CCCCCCC/C=C\CCCCCCCC(=O)NC(CO)C(O)/C=C/CC/C=C/CC/C=C/CCCCCCCCCCCCCCCCC. The molecule has 0 rings (SSSR count). The molecule has 0 aliphatic carbocycles. The van der Waals surface area contributed by atoms with Crippen molar-refractivity contribution in [2.75, 3.05) is 6.61 Å². The molecule has 4 nitrogen and oxygen atoms in total. The van der Waals surface area contributed by atoms with E-state index in [2.05, 4.69) is 55.6 Å². The highest BCUT2D eigenvalue weighted by molar-refractivity contribution is 5.76. The van der Waals surface area contributed by atoms with Crippen molar-refractivity contribution >= 4 is 5.91 Å². The lowest BCUT2D eigenvalue weighted by Gasteiger charge is -2.19. The summed E-state index contributed by atoms with van der Waals surface area (Å²) in [5, 5.41) is 23.0. The van der Waals surface area contributed by atoms with Crippen molar-refractivity contribution in [3.8, 4) is 0 Å². The predicted octanol–water partition coefficient (Wildman–Crippen LogP) is 14.0. The number of nitrogens with one attached hydrogen (secondary N) is 1. The molecule has 0 aromatic rings. The average Bonchev–Trinajstić information content (AvgIpc) is 3.13. The van der Waals surface area contributed by atoms with Crippen LogP contribution in [0.5, 0.6) is 0 Å². The van der Waals surface area contributed by atoms with E-state index in [1.807, 2.05) is 6.08 Å². The summed E-state index contributed by atoms with van der Waals surface area (Å²) in [5.74, 6) is -0.0878. The van der Waals surface area contributed by atoms with E-state index in [1.165, 1.54) is 154 Å². The molecule has 0 radical (unpaired) electrons. The van der Waals surface area contributed by atoms with Crippen molar-refractivity contribution in [1.29, 1.82) is 0 Å². The molecule has 2 atom stereocenters. The minimum Gasteiger partial charge on any atom is -0.394 e. The number of allylic oxidation sites excluding steroid dienone is 7. The number of aliphatic hydroxyl groups is 2. The van der Waals surface area contributed by atoms with Crippen molar-refractivity contribution in [2.24, 2.45) is 0 Å². The monoisotopic (exact) mass is 714 g/mol. The third-order valence-electron chi connectivity index (χ3n) is 10.0. The fourth-order valence-corrected chi connectivity index (χ4v) is 6.56. The molecule has 0 fully saturated rings. The largest absolute Gasteiger partial charge is 0.394 e. The molecule has 51 heavy (non-hydrogen) atoms. The van der Waals surface area contributed by atoms with E-state index in [9.17, 15) is 15.0 Å². The van der Waals surface area contributed by atoms with E-state index in [0.29, 0.717) is 6.42 Å². The standard InChI is InChI=1S/C47H87NO3/c1-3-5-7-9-11-13-15-17-19-20-21-22-23-24-25-26-27-28-29-30-32-34-36-38-40-42-46(50)45(44-49)48-47(51)43-41-39-37-35-33-31-18-16-14-12-10-8-6-4-2/h16,18,27-28,32,34,40,42,45-46,49-50H,3-15,17,19-26,29-31,33,35-39,41,43-44H2,1-2H3,(H,48,51)/b18-16-,28-27+,34-32+,42-40+. The normalized spacial score (nSPS) is 13.4. The Morgan fingerprint density at radius 3 is 1.14 bits per heavy atom. The van der Waals surface area contributed by atoms with E-state index < -0.39 is 12.1 Å². The van der Waals surface area contributed by atoms with Crippen LogP contribution in [0.15, 0.2) is 48.6 Å². The summed E-state index contributed by atoms with van der Waals surface area (Å²) < 4.78 is 0. The van der Waals surface area contributed by atoms with Gasteiger partial charge in [-0.3, -0.25) is 4.79 Å². The van der Waals surface area contributed by atoms with Crippen LogP contribution in [0.25, 0.3) is 0 Å². The van der Waals surface area contributed by atoms with Gasteiger partial charge in [0.15, 0.2) is 0 Å². The number of carbonyl (C=O) groups is 1. The smallest absolute Gasteiger partial charge is 0.220 e. The molecular formula is C47H87NO3. The Balaban J connectivity index is 3.63. The number of hydrogen-bond donors (Lipinski definition) is 3. The first kappa shape index (κ1) is 49.4. The first-order valence-corrected chi connectivity index (χ1v) is 22.4. The lowest BCUT2D eigenvalue weighted by Crippen LogP contribution is -2.45. The molecular weight excluding hydrogens is 627 g/mol. The van der Waals surface area contributed by atoms with Crippen LogP contribution in [0.2, 0.25) is 0 Å². The predicted molar refractivity (Wildman–Crippen MR) is 225 cm³/mol.